The molecule has 1 aliphatic carbocycles. The molecule has 2 aliphatic rings. The fourth-order valence-electron chi connectivity index (χ4n) is 3.49. The van der Waals surface area contributed by atoms with Crippen molar-refractivity contribution in [2.45, 2.75) is 44.2 Å². The molecule has 0 bridgehead atoms. The first-order valence-electron chi connectivity index (χ1n) is 7.86. The molecule has 0 aromatic rings. The van der Waals surface area contributed by atoms with Gasteiger partial charge in [0, 0.05) is 12.6 Å². The molecule has 1 heterocycles. The van der Waals surface area contributed by atoms with Crippen LogP contribution in [0.5, 0.6) is 0 Å². The summed E-state index contributed by atoms with van der Waals surface area (Å²) in [7, 11) is 4.26. The van der Waals surface area contributed by atoms with E-state index < -0.39 is 11.5 Å². The summed E-state index contributed by atoms with van der Waals surface area (Å²) in [5.41, 5.74) is -0.723. The lowest BCUT2D eigenvalue weighted by molar-refractivity contribution is -0.147. The Morgan fingerprint density at radius 1 is 1.30 bits per heavy atom. The minimum Gasteiger partial charge on any atom is -0.480 e. The normalized spacial score (nSPS) is 24.8. The average molecular weight is 283 g/mol. The highest BCUT2D eigenvalue weighted by Gasteiger charge is 2.51. The van der Waals surface area contributed by atoms with Crippen LogP contribution in [0.3, 0.4) is 0 Å². The van der Waals surface area contributed by atoms with Gasteiger partial charge in [-0.15, -0.1) is 0 Å². The number of hydrogen-bond donors (Lipinski definition) is 2. The first-order chi connectivity index (χ1) is 9.49. The molecule has 5 heteroatoms. The summed E-state index contributed by atoms with van der Waals surface area (Å²) in [5.74, 6) is -0.358. The van der Waals surface area contributed by atoms with Crippen molar-refractivity contribution in [1.29, 1.82) is 0 Å². The highest BCUT2D eigenvalue weighted by molar-refractivity contribution is 5.80. The summed E-state index contributed by atoms with van der Waals surface area (Å²) in [6, 6.07) is 0.644. The Bertz CT molecular complexity index is 336. The molecule has 2 rings (SSSR count). The maximum absolute atomic E-state index is 11.8. The Labute approximate surface area is 122 Å². The highest BCUT2D eigenvalue weighted by atomic mass is 16.4. The first-order valence-corrected chi connectivity index (χ1v) is 7.86. The lowest BCUT2D eigenvalue weighted by Crippen LogP contribution is -2.61. The molecule has 20 heavy (non-hydrogen) atoms. The molecule has 0 aromatic heterocycles. The van der Waals surface area contributed by atoms with E-state index >= 15 is 0 Å². The van der Waals surface area contributed by atoms with Gasteiger partial charge < -0.3 is 20.2 Å². The van der Waals surface area contributed by atoms with Crippen LogP contribution >= 0.6 is 0 Å². The molecular formula is C15H29N3O2. The van der Waals surface area contributed by atoms with E-state index in [1.54, 1.807) is 0 Å². The lowest BCUT2D eigenvalue weighted by Gasteiger charge is -2.40. The number of carboxylic acid groups (broad SMARTS) is 1. The number of likely N-dealkylation sites (tertiary alicyclic amines) is 1. The van der Waals surface area contributed by atoms with E-state index in [4.69, 9.17) is 0 Å². The van der Waals surface area contributed by atoms with E-state index in [0.29, 0.717) is 18.5 Å². The van der Waals surface area contributed by atoms with Gasteiger partial charge in [0.15, 0.2) is 0 Å². The number of likely N-dealkylation sites (N-methyl/N-ethyl adjacent to an activating group) is 1. The van der Waals surface area contributed by atoms with Crippen molar-refractivity contribution in [2.24, 2.45) is 5.92 Å². The molecule has 116 valence electrons. The van der Waals surface area contributed by atoms with Gasteiger partial charge in [-0.3, -0.25) is 4.79 Å². The third-order valence-electron chi connectivity index (χ3n) is 4.91. The molecule has 0 aromatic carbocycles. The van der Waals surface area contributed by atoms with Crippen molar-refractivity contribution in [3.63, 3.8) is 0 Å². The predicted molar refractivity (Wildman–Crippen MR) is 79.9 cm³/mol. The number of piperidine rings is 1. The van der Waals surface area contributed by atoms with E-state index in [-0.39, 0.29) is 0 Å². The second-order valence-electron chi connectivity index (χ2n) is 6.55. The molecule has 0 amide bonds. The van der Waals surface area contributed by atoms with Crippen LogP contribution in [0.1, 0.15) is 32.6 Å². The quantitative estimate of drug-likeness (QED) is 0.726. The molecule has 1 unspecified atom stereocenters. The number of nitrogens with one attached hydrogen (secondary N) is 1. The third kappa shape index (κ3) is 3.32. The molecule has 1 saturated carbocycles. The van der Waals surface area contributed by atoms with Crippen LogP contribution in [0.15, 0.2) is 0 Å². The van der Waals surface area contributed by atoms with Gasteiger partial charge in [0.25, 0.3) is 0 Å². The van der Waals surface area contributed by atoms with E-state index in [2.05, 4.69) is 29.2 Å². The number of nitrogens with zero attached hydrogens (tertiary/aromatic N) is 2. The Hall–Kier alpha value is -0.650. The predicted octanol–water partition coefficient (Wildman–Crippen LogP) is 0.855. The van der Waals surface area contributed by atoms with Crippen molar-refractivity contribution < 1.29 is 9.90 Å². The zero-order valence-electron chi connectivity index (χ0n) is 13.1. The SMILES string of the molecule is CCNC(CN1CCC(N(C)C)CC1)(C(=O)O)C1CC1. The van der Waals surface area contributed by atoms with Crippen molar-refractivity contribution in [3.8, 4) is 0 Å². The van der Waals surface area contributed by atoms with Crippen molar-refractivity contribution >= 4 is 5.97 Å². The third-order valence-corrected chi connectivity index (χ3v) is 4.91. The highest BCUT2D eigenvalue weighted by Crippen LogP contribution is 2.40. The molecule has 1 atom stereocenters. The molecule has 1 saturated heterocycles. The minimum atomic E-state index is -0.723. The van der Waals surface area contributed by atoms with E-state index in [9.17, 15) is 9.90 Å². The summed E-state index contributed by atoms with van der Waals surface area (Å²) in [6.07, 6.45) is 4.37. The van der Waals surface area contributed by atoms with E-state index in [0.717, 1.165) is 45.3 Å². The standard InChI is InChI=1S/C15H29N3O2/c1-4-16-15(14(19)20,12-5-6-12)11-18-9-7-13(8-10-18)17(2)3/h12-13,16H,4-11H2,1-3H3,(H,19,20). The Balaban J connectivity index is 1.97. The largest absolute Gasteiger partial charge is 0.480 e. The summed E-state index contributed by atoms with van der Waals surface area (Å²) >= 11 is 0. The van der Waals surface area contributed by atoms with Gasteiger partial charge in [0.05, 0.1) is 0 Å². The number of carbonyl (C=O) groups is 1. The second-order valence-corrected chi connectivity index (χ2v) is 6.55. The van der Waals surface area contributed by atoms with Gasteiger partial charge in [-0.1, -0.05) is 6.92 Å². The number of hydrogen-bond acceptors (Lipinski definition) is 4. The summed E-state index contributed by atoms with van der Waals surface area (Å²) < 4.78 is 0. The van der Waals surface area contributed by atoms with Gasteiger partial charge >= 0.3 is 5.97 Å². The van der Waals surface area contributed by atoms with Crippen LogP contribution in [-0.2, 0) is 4.79 Å². The number of aliphatic carboxylic acids is 1. The summed E-state index contributed by atoms with van der Waals surface area (Å²) in [4.78, 5) is 16.5. The average Bonchev–Trinajstić information content (AvgIpc) is 3.23. The van der Waals surface area contributed by atoms with Gasteiger partial charge in [0.1, 0.15) is 5.54 Å². The Kier molecular flexibility index (Phi) is 5.04. The van der Waals surface area contributed by atoms with Gasteiger partial charge in [0.2, 0.25) is 0 Å². The number of rotatable bonds is 7. The molecule has 0 spiro atoms. The van der Waals surface area contributed by atoms with Crippen LogP contribution in [0.2, 0.25) is 0 Å². The van der Waals surface area contributed by atoms with E-state index in [1.807, 2.05) is 6.92 Å². The monoisotopic (exact) mass is 283 g/mol. The smallest absolute Gasteiger partial charge is 0.325 e. The molecule has 5 nitrogen and oxygen atoms in total. The second kappa shape index (κ2) is 6.41. The summed E-state index contributed by atoms with van der Waals surface area (Å²) in [5, 5.41) is 13.0. The minimum absolute atomic E-state index is 0.312. The molecule has 0 radical (unpaired) electrons. The fourth-order valence-corrected chi connectivity index (χ4v) is 3.49. The van der Waals surface area contributed by atoms with Gasteiger partial charge in [-0.05, 0) is 65.3 Å². The zero-order chi connectivity index (χ0) is 14.8. The van der Waals surface area contributed by atoms with Gasteiger partial charge in [-0.25, -0.2) is 0 Å². The maximum Gasteiger partial charge on any atom is 0.325 e. The van der Waals surface area contributed by atoms with Gasteiger partial charge in [-0.2, -0.15) is 0 Å². The van der Waals surface area contributed by atoms with Crippen molar-refractivity contribution in [2.75, 3.05) is 40.3 Å². The maximum atomic E-state index is 11.8. The first kappa shape index (κ1) is 15.7. The summed E-state index contributed by atoms with van der Waals surface area (Å²) in [6.45, 7) is 5.39. The van der Waals surface area contributed by atoms with Crippen LogP contribution < -0.4 is 5.32 Å². The molecule has 2 fully saturated rings. The van der Waals surface area contributed by atoms with Crippen molar-refractivity contribution in [1.82, 2.24) is 15.1 Å². The van der Waals surface area contributed by atoms with Crippen molar-refractivity contribution in [3.05, 3.63) is 0 Å². The lowest BCUT2D eigenvalue weighted by atomic mass is 9.91. The topological polar surface area (TPSA) is 55.8 Å². The Morgan fingerprint density at radius 3 is 2.30 bits per heavy atom. The van der Waals surface area contributed by atoms with Crippen LogP contribution in [-0.4, -0.2) is 72.7 Å². The van der Waals surface area contributed by atoms with Crippen LogP contribution in [0, 0.1) is 5.92 Å². The molecule has 2 N–H and O–H groups in total. The molecule has 1 aliphatic heterocycles. The Morgan fingerprint density at radius 2 is 1.90 bits per heavy atom. The zero-order valence-corrected chi connectivity index (χ0v) is 13.1. The fraction of sp³-hybridized carbons (Fsp3) is 0.933. The number of carboxylic acids is 1. The van der Waals surface area contributed by atoms with Crippen LogP contribution in [0.25, 0.3) is 0 Å². The molecular weight excluding hydrogens is 254 g/mol. The van der Waals surface area contributed by atoms with Crippen LogP contribution in [0.4, 0.5) is 0 Å². The van der Waals surface area contributed by atoms with E-state index in [1.165, 1.54) is 0 Å².